The fraction of sp³-hybridized carbons (Fsp3) is 0.364. The summed E-state index contributed by atoms with van der Waals surface area (Å²) in [5, 5.41) is 9.15. The quantitative estimate of drug-likeness (QED) is 0.738. The topological polar surface area (TPSA) is 99.1 Å². The van der Waals surface area contributed by atoms with E-state index in [0.29, 0.717) is 23.4 Å². The van der Waals surface area contributed by atoms with Crippen LogP contribution in [0.1, 0.15) is 12.6 Å². The molecule has 0 radical (unpaired) electrons. The molecule has 2 aromatic heterocycles. The molecule has 0 spiro atoms. The number of anilines is 1. The number of hydrogen-bond donors (Lipinski definition) is 2. The first-order valence-electron chi connectivity index (χ1n) is 5.57. The molecule has 7 nitrogen and oxygen atoms in total. The molecule has 18 heavy (non-hydrogen) atoms. The van der Waals surface area contributed by atoms with Crippen LogP contribution in [0.3, 0.4) is 0 Å². The van der Waals surface area contributed by atoms with E-state index in [1.807, 2.05) is 0 Å². The monoisotopic (exact) mass is 247 g/mol. The summed E-state index contributed by atoms with van der Waals surface area (Å²) in [6.45, 7) is 3.82. The van der Waals surface area contributed by atoms with Crippen molar-refractivity contribution in [2.45, 2.75) is 18.8 Å². The first kappa shape index (κ1) is 11.1. The normalized spacial score (nSPS) is 23.9. The Hall–Kier alpha value is -1.99. The van der Waals surface area contributed by atoms with Crippen LogP contribution >= 0.6 is 0 Å². The van der Waals surface area contributed by atoms with Crippen molar-refractivity contribution in [3.8, 4) is 0 Å². The van der Waals surface area contributed by atoms with Crippen LogP contribution in [0.5, 0.6) is 0 Å². The summed E-state index contributed by atoms with van der Waals surface area (Å²) in [5.74, 6) is 0.342. The lowest BCUT2D eigenvalue weighted by Crippen LogP contribution is -2.15. The summed E-state index contributed by atoms with van der Waals surface area (Å²) in [4.78, 5) is 12.2. The maximum absolute atomic E-state index is 9.15. The van der Waals surface area contributed by atoms with Crippen LogP contribution in [0.4, 0.5) is 5.82 Å². The molecule has 3 N–H and O–H groups in total. The summed E-state index contributed by atoms with van der Waals surface area (Å²) in [7, 11) is 0. The van der Waals surface area contributed by atoms with Crippen LogP contribution < -0.4 is 5.73 Å². The lowest BCUT2D eigenvalue weighted by Gasteiger charge is -2.13. The molecule has 3 heterocycles. The molecule has 0 saturated carbocycles. The summed E-state index contributed by atoms with van der Waals surface area (Å²) >= 11 is 0. The van der Waals surface area contributed by atoms with Gasteiger partial charge >= 0.3 is 0 Å². The van der Waals surface area contributed by atoms with E-state index in [9.17, 15) is 0 Å². The standard InChI is InChI=1S/C11H13N5O2/c1-6-2-8(18-7(6)3-17)16-5-15-9-10(12)13-4-14-11(9)16/h4-5,7-8,17H,1-3H2,(H2,12,13,14). The first-order valence-corrected chi connectivity index (χ1v) is 5.57. The van der Waals surface area contributed by atoms with Gasteiger partial charge < -0.3 is 15.6 Å². The number of aliphatic hydroxyl groups excluding tert-OH is 1. The van der Waals surface area contributed by atoms with E-state index in [4.69, 9.17) is 15.6 Å². The highest BCUT2D eigenvalue weighted by Crippen LogP contribution is 2.33. The predicted octanol–water partition coefficient (Wildman–Crippen LogP) is 0.245. The molecule has 0 aliphatic carbocycles. The van der Waals surface area contributed by atoms with E-state index in [2.05, 4.69) is 21.5 Å². The van der Waals surface area contributed by atoms with Gasteiger partial charge in [0.1, 0.15) is 24.2 Å². The molecule has 94 valence electrons. The molecule has 7 heteroatoms. The van der Waals surface area contributed by atoms with E-state index < -0.39 is 0 Å². The van der Waals surface area contributed by atoms with Crippen LogP contribution in [-0.2, 0) is 4.74 Å². The van der Waals surface area contributed by atoms with Crippen molar-refractivity contribution in [2.24, 2.45) is 0 Å². The zero-order chi connectivity index (χ0) is 12.7. The van der Waals surface area contributed by atoms with E-state index in [1.54, 1.807) is 10.9 Å². The van der Waals surface area contributed by atoms with Gasteiger partial charge in [0.25, 0.3) is 0 Å². The number of nitrogens with zero attached hydrogens (tertiary/aromatic N) is 4. The minimum Gasteiger partial charge on any atom is -0.393 e. The number of fused-ring (bicyclic) bond motifs is 1. The number of aliphatic hydroxyl groups is 1. The number of imidazole rings is 1. The maximum Gasteiger partial charge on any atom is 0.167 e. The van der Waals surface area contributed by atoms with Crippen LogP contribution in [0.25, 0.3) is 11.2 Å². The van der Waals surface area contributed by atoms with Crippen molar-refractivity contribution in [1.29, 1.82) is 0 Å². The Morgan fingerprint density at radius 2 is 2.33 bits per heavy atom. The number of ether oxygens (including phenoxy) is 1. The number of rotatable bonds is 2. The molecule has 1 saturated heterocycles. The highest BCUT2D eigenvalue weighted by molar-refractivity contribution is 5.81. The third-order valence-corrected chi connectivity index (χ3v) is 3.08. The fourth-order valence-electron chi connectivity index (χ4n) is 2.11. The summed E-state index contributed by atoms with van der Waals surface area (Å²) in [6.07, 6.45) is 3.05. The number of aromatic nitrogens is 4. The van der Waals surface area contributed by atoms with Gasteiger partial charge in [-0.2, -0.15) is 0 Å². The van der Waals surface area contributed by atoms with Crippen molar-refractivity contribution in [1.82, 2.24) is 19.5 Å². The molecule has 2 atom stereocenters. The van der Waals surface area contributed by atoms with Crippen molar-refractivity contribution in [3.63, 3.8) is 0 Å². The Morgan fingerprint density at radius 1 is 1.50 bits per heavy atom. The molecule has 1 aliphatic rings. The third-order valence-electron chi connectivity index (χ3n) is 3.08. The lowest BCUT2D eigenvalue weighted by molar-refractivity contribution is -0.0146. The molecule has 1 fully saturated rings. The van der Waals surface area contributed by atoms with E-state index in [-0.39, 0.29) is 18.9 Å². The summed E-state index contributed by atoms with van der Waals surface area (Å²) in [6, 6.07) is 0. The number of nitrogens with two attached hydrogens (primary N) is 1. The van der Waals surface area contributed by atoms with Crippen LogP contribution in [0, 0.1) is 0 Å². The second-order valence-corrected chi connectivity index (χ2v) is 4.21. The van der Waals surface area contributed by atoms with Gasteiger partial charge in [0.05, 0.1) is 12.9 Å². The van der Waals surface area contributed by atoms with Gasteiger partial charge in [-0.05, 0) is 5.57 Å². The van der Waals surface area contributed by atoms with Gasteiger partial charge in [-0.15, -0.1) is 0 Å². The second kappa shape index (κ2) is 4.04. The number of nitrogen functional groups attached to an aromatic ring is 1. The second-order valence-electron chi connectivity index (χ2n) is 4.21. The Balaban J connectivity index is 2.01. The van der Waals surface area contributed by atoms with E-state index in [0.717, 1.165) is 5.57 Å². The molecule has 0 amide bonds. The Morgan fingerprint density at radius 3 is 3.06 bits per heavy atom. The van der Waals surface area contributed by atoms with Crippen molar-refractivity contribution in [2.75, 3.05) is 12.3 Å². The molecule has 0 bridgehead atoms. The average Bonchev–Trinajstić information content (AvgIpc) is 2.93. The van der Waals surface area contributed by atoms with E-state index >= 15 is 0 Å². The molecule has 2 unspecified atom stereocenters. The highest BCUT2D eigenvalue weighted by Gasteiger charge is 2.30. The summed E-state index contributed by atoms with van der Waals surface area (Å²) < 4.78 is 7.47. The Bertz CT molecular complexity index is 608. The Kier molecular flexibility index (Phi) is 2.49. The first-order chi connectivity index (χ1) is 8.70. The minimum atomic E-state index is -0.327. The minimum absolute atomic E-state index is 0.0704. The largest absolute Gasteiger partial charge is 0.393 e. The van der Waals surface area contributed by atoms with Gasteiger partial charge in [-0.25, -0.2) is 15.0 Å². The van der Waals surface area contributed by atoms with Crippen LogP contribution in [-0.4, -0.2) is 37.3 Å². The van der Waals surface area contributed by atoms with E-state index in [1.165, 1.54) is 6.33 Å². The van der Waals surface area contributed by atoms with Gasteiger partial charge in [0, 0.05) is 6.42 Å². The molecule has 1 aliphatic heterocycles. The predicted molar refractivity (Wildman–Crippen MR) is 64.5 cm³/mol. The molecule has 3 rings (SSSR count). The van der Waals surface area contributed by atoms with Crippen molar-refractivity contribution < 1.29 is 9.84 Å². The SMILES string of the molecule is C=C1CC(n2cnc3c(N)ncnc32)OC1CO. The van der Waals surface area contributed by atoms with Gasteiger partial charge in [-0.1, -0.05) is 6.58 Å². The van der Waals surface area contributed by atoms with Gasteiger partial charge in [0.2, 0.25) is 0 Å². The van der Waals surface area contributed by atoms with Crippen molar-refractivity contribution in [3.05, 3.63) is 24.8 Å². The maximum atomic E-state index is 9.15. The van der Waals surface area contributed by atoms with Crippen LogP contribution in [0.2, 0.25) is 0 Å². The lowest BCUT2D eigenvalue weighted by atomic mass is 10.1. The average molecular weight is 247 g/mol. The van der Waals surface area contributed by atoms with Crippen LogP contribution in [0.15, 0.2) is 24.8 Å². The van der Waals surface area contributed by atoms with Gasteiger partial charge in [-0.3, -0.25) is 4.57 Å². The molecule has 0 aromatic carbocycles. The smallest absolute Gasteiger partial charge is 0.167 e. The van der Waals surface area contributed by atoms with Crippen molar-refractivity contribution >= 4 is 17.0 Å². The molecular weight excluding hydrogens is 234 g/mol. The molecular formula is C11H13N5O2. The fourth-order valence-corrected chi connectivity index (χ4v) is 2.11. The van der Waals surface area contributed by atoms with Gasteiger partial charge in [0.15, 0.2) is 11.5 Å². The Labute approximate surface area is 103 Å². The zero-order valence-electron chi connectivity index (χ0n) is 9.65. The third kappa shape index (κ3) is 1.56. The highest BCUT2D eigenvalue weighted by atomic mass is 16.5. The number of hydrogen-bond acceptors (Lipinski definition) is 6. The summed E-state index contributed by atoms with van der Waals surface area (Å²) in [5.41, 5.74) is 7.77. The zero-order valence-corrected chi connectivity index (χ0v) is 9.65. The molecule has 2 aromatic rings.